The Morgan fingerprint density at radius 1 is 1.09 bits per heavy atom. The van der Waals surface area contributed by atoms with Crippen LogP contribution in [0.2, 0.25) is 5.02 Å². The molecule has 12 heteroatoms. The first-order valence-electron chi connectivity index (χ1n) is 13.6. The number of carbonyl (C=O) groups is 2. The number of halogens is 1. The number of aliphatic hydroxyl groups is 1. The lowest BCUT2D eigenvalue weighted by Gasteiger charge is -2.42. The molecule has 2 aliphatic heterocycles. The van der Waals surface area contributed by atoms with Gasteiger partial charge in [0.1, 0.15) is 9.96 Å². The van der Waals surface area contributed by atoms with E-state index in [1.165, 1.54) is 24.1 Å². The van der Waals surface area contributed by atoms with E-state index in [-0.39, 0.29) is 39.4 Å². The third-order valence-electron chi connectivity index (χ3n) is 8.27. The molecule has 0 saturated carbocycles. The van der Waals surface area contributed by atoms with E-state index in [9.17, 15) is 18.3 Å². The summed E-state index contributed by atoms with van der Waals surface area (Å²) in [5, 5.41) is 12.0. The second-order valence-corrected chi connectivity index (χ2v) is 14.4. The third kappa shape index (κ3) is 4.28. The Morgan fingerprint density at radius 3 is 2.49 bits per heavy atom. The minimum Gasteiger partial charge on any atom is -0.496 e. The SMILES string of the molecule is COc1ccccc1C1(N2C[C@H](O)C[C@H]2C(=O)N(C)C)C(=O)N(S(=O)(=O)c2sc3ccccc3c2C)c2ccc(Cl)cc21. The average Bonchev–Trinajstić information content (AvgIpc) is 3.62. The number of aliphatic hydroxyl groups excluding tert-OH is 1. The van der Waals surface area contributed by atoms with Gasteiger partial charge in [-0.25, -0.2) is 0 Å². The number of fused-ring (bicyclic) bond motifs is 2. The van der Waals surface area contributed by atoms with Crippen LogP contribution in [0.25, 0.3) is 10.1 Å². The van der Waals surface area contributed by atoms with E-state index in [0.717, 1.165) is 25.7 Å². The second-order valence-electron chi connectivity index (χ2n) is 10.9. The smallest absolute Gasteiger partial charge is 0.280 e. The first-order valence-corrected chi connectivity index (χ1v) is 16.3. The number of sulfonamides is 1. The van der Waals surface area contributed by atoms with Gasteiger partial charge in [0.25, 0.3) is 15.9 Å². The zero-order valence-corrected chi connectivity index (χ0v) is 26.3. The van der Waals surface area contributed by atoms with Crippen molar-refractivity contribution in [2.24, 2.45) is 0 Å². The van der Waals surface area contributed by atoms with Crippen molar-refractivity contribution in [1.29, 1.82) is 0 Å². The molecule has 2 amide bonds. The number of hydrogen-bond acceptors (Lipinski definition) is 8. The van der Waals surface area contributed by atoms with Gasteiger partial charge in [0, 0.05) is 41.5 Å². The minimum atomic E-state index is -4.47. The van der Waals surface area contributed by atoms with Gasteiger partial charge in [0.2, 0.25) is 5.91 Å². The summed E-state index contributed by atoms with van der Waals surface area (Å²) >= 11 is 7.65. The summed E-state index contributed by atoms with van der Waals surface area (Å²) in [5.41, 5.74) is -0.603. The van der Waals surface area contributed by atoms with Crippen LogP contribution < -0.4 is 9.04 Å². The fourth-order valence-corrected chi connectivity index (χ4v) is 9.88. The van der Waals surface area contributed by atoms with Crippen molar-refractivity contribution >= 4 is 60.5 Å². The quantitative estimate of drug-likeness (QED) is 0.334. The van der Waals surface area contributed by atoms with Crippen LogP contribution >= 0.6 is 22.9 Å². The van der Waals surface area contributed by atoms with Crippen molar-refractivity contribution in [2.45, 2.75) is 35.2 Å². The number of anilines is 1. The number of ether oxygens (including phenoxy) is 1. The molecule has 224 valence electrons. The highest BCUT2D eigenvalue weighted by atomic mass is 35.5. The fourth-order valence-electron chi connectivity index (χ4n) is 6.42. The molecule has 1 fully saturated rings. The summed E-state index contributed by atoms with van der Waals surface area (Å²) in [6.45, 7) is 1.65. The van der Waals surface area contributed by atoms with Crippen molar-refractivity contribution in [3.8, 4) is 5.75 Å². The summed E-state index contributed by atoms with van der Waals surface area (Å²) in [4.78, 5) is 31.9. The Balaban J connectivity index is 1.68. The molecule has 1 unspecified atom stereocenters. The van der Waals surface area contributed by atoms with E-state index < -0.39 is 33.6 Å². The van der Waals surface area contributed by atoms with E-state index in [2.05, 4.69) is 0 Å². The average molecular weight is 640 g/mol. The van der Waals surface area contributed by atoms with Crippen molar-refractivity contribution < 1.29 is 27.9 Å². The van der Waals surface area contributed by atoms with Gasteiger partial charge in [-0.15, -0.1) is 11.3 Å². The summed E-state index contributed by atoms with van der Waals surface area (Å²) < 4.78 is 36.7. The number of hydrogen-bond donors (Lipinski definition) is 1. The maximum absolute atomic E-state index is 15.2. The zero-order valence-electron chi connectivity index (χ0n) is 23.9. The molecule has 2 aliphatic rings. The molecule has 1 N–H and O–H groups in total. The Kier molecular flexibility index (Phi) is 7.29. The van der Waals surface area contributed by atoms with Crippen LogP contribution in [0, 0.1) is 6.92 Å². The highest BCUT2D eigenvalue weighted by molar-refractivity contribution is 7.95. The molecule has 3 heterocycles. The lowest BCUT2D eigenvalue weighted by molar-refractivity contribution is -0.138. The van der Waals surface area contributed by atoms with Gasteiger partial charge < -0.3 is 14.7 Å². The highest BCUT2D eigenvalue weighted by Gasteiger charge is 2.64. The van der Waals surface area contributed by atoms with Crippen molar-refractivity contribution in [1.82, 2.24) is 9.80 Å². The van der Waals surface area contributed by atoms with E-state index in [4.69, 9.17) is 16.3 Å². The van der Waals surface area contributed by atoms with Crippen LogP contribution in [0.3, 0.4) is 0 Å². The first-order chi connectivity index (χ1) is 20.4. The third-order valence-corrected chi connectivity index (χ3v) is 12.1. The monoisotopic (exact) mass is 639 g/mol. The number of carbonyl (C=O) groups excluding carboxylic acids is 2. The molecule has 1 aromatic heterocycles. The van der Waals surface area contributed by atoms with Crippen molar-refractivity contribution in [3.05, 3.63) is 88.4 Å². The summed E-state index contributed by atoms with van der Waals surface area (Å²) in [6, 6.07) is 17.9. The lowest BCUT2D eigenvalue weighted by Crippen LogP contribution is -2.59. The maximum Gasteiger partial charge on any atom is 0.280 e. The summed E-state index contributed by atoms with van der Waals surface area (Å²) in [5.74, 6) is -0.822. The molecule has 6 rings (SSSR count). The largest absolute Gasteiger partial charge is 0.496 e. The molecule has 43 heavy (non-hydrogen) atoms. The second kappa shape index (κ2) is 10.6. The van der Waals surface area contributed by atoms with Gasteiger partial charge in [-0.2, -0.15) is 12.7 Å². The fraction of sp³-hybridized carbons (Fsp3) is 0.290. The van der Waals surface area contributed by atoms with Crippen LogP contribution in [-0.4, -0.2) is 75.0 Å². The zero-order chi connectivity index (χ0) is 30.8. The molecule has 0 spiro atoms. The van der Waals surface area contributed by atoms with Crippen LogP contribution in [-0.2, 0) is 25.2 Å². The molecule has 0 aliphatic carbocycles. The number of nitrogens with zero attached hydrogens (tertiary/aromatic N) is 3. The number of methoxy groups -OCH3 is 1. The Hall–Kier alpha value is -3.48. The summed E-state index contributed by atoms with van der Waals surface area (Å²) in [6.07, 6.45) is -0.898. The van der Waals surface area contributed by atoms with Gasteiger partial charge in [-0.1, -0.05) is 48.0 Å². The normalized spacial score (nSPS) is 22.3. The predicted molar refractivity (Wildman–Crippen MR) is 166 cm³/mol. The number of thiophene rings is 1. The Bertz CT molecular complexity index is 1890. The van der Waals surface area contributed by atoms with E-state index in [0.29, 0.717) is 16.9 Å². The number of amides is 2. The lowest BCUT2D eigenvalue weighted by atomic mass is 9.80. The van der Waals surface area contributed by atoms with Gasteiger partial charge in [0.15, 0.2) is 5.54 Å². The molecule has 0 radical (unpaired) electrons. The number of rotatable bonds is 6. The topological polar surface area (TPSA) is 107 Å². The summed E-state index contributed by atoms with van der Waals surface area (Å²) in [7, 11) is 0.192. The molecular formula is C31H30ClN3O6S2. The molecule has 3 aromatic carbocycles. The van der Waals surface area contributed by atoms with E-state index >= 15 is 4.79 Å². The first kappa shape index (κ1) is 29.6. The van der Waals surface area contributed by atoms with Crippen LogP contribution in [0.15, 0.2) is 70.9 Å². The number of likely N-dealkylation sites (N-methyl/N-ethyl adjacent to an activating group) is 1. The molecule has 3 atom stereocenters. The van der Waals surface area contributed by atoms with Crippen LogP contribution in [0.4, 0.5) is 5.69 Å². The molecule has 9 nitrogen and oxygen atoms in total. The maximum atomic E-state index is 15.2. The minimum absolute atomic E-state index is 0.0427. The standard InChI is InChI=1S/C31H30ClN3O6S2/c1-18-21-9-5-8-12-27(21)42-29(18)43(39,40)35-24-14-13-19(32)15-23(24)31(30(35)38,22-10-6-7-11-26(22)41-4)34-17-20(36)16-25(34)28(37)33(2)3/h5-15,20,25,36H,16-17H2,1-4H3/t20-,25+,31?/m1/s1. The Morgan fingerprint density at radius 2 is 1.79 bits per heavy atom. The van der Waals surface area contributed by atoms with Crippen LogP contribution in [0.1, 0.15) is 23.1 Å². The number of aryl methyl sites for hydroxylation is 1. The number of benzene rings is 3. The van der Waals surface area contributed by atoms with Gasteiger partial charge >= 0.3 is 0 Å². The van der Waals surface area contributed by atoms with Gasteiger partial charge in [-0.05, 0) is 54.6 Å². The van der Waals surface area contributed by atoms with E-state index in [1.54, 1.807) is 56.3 Å². The van der Waals surface area contributed by atoms with Gasteiger partial charge in [0.05, 0.1) is 24.9 Å². The molecule has 1 saturated heterocycles. The number of para-hydroxylation sites is 1. The Labute approximate surface area is 258 Å². The van der Waals surface area contributed by atoms with Gasteiger partial charge in [-0.3, -0.25) is 14.5 Å². The van der Waals surface area contributed by atoms with Crippen molar-refractivity contribution in [3.63, 3.8) is 0 Å². The molecule has 4 aromatic rings. The highest BCUT2D eigenvalue weighted by Crippen LogP contribution is 2.55. The molecular weight excluding hydrogens is 610 g/mol. The van der Waals surface area contributed by atoms with Crippen molar-refractivity contribution in [2.75, 3.05) is 32.1 Å². The van der Waals surface area contributed by atoms with Crippen LogP contribution in [0.5, 0.6) is 5.75 Å². The molecule has 0 bridgehead atoms. The number of β-amino-alcohol motifs (C(OH)–C–C–N with tert-alkyl or cyclic N) is 1. The number of likely N-dealkylation sites (tertiary alicyclic amines) is 1. The predicted octanol–water partition coefficient (Wildman–Crippen LogP) is 4.37. The van der Waals surface area contributed by atoms with E-state index in [1.807, 2.05) is 24.3 Å².